The predicted molar refractivity (Wildman–Crippen MR) is 103 cm³/mol. The highest BCUT2D eigenvalue weighted by molar-refractivity contribution is 5.94. The van der Waals surface area contributed by atoms with Crippen molar-refractivity contribution in [3.05, 3.63) is 54.1 Å². The lowest BCUT2D eigenvalue weighted by molar-refractivity contribution is -0.885. The van der Waals surface area contributed by atoms with Crippen LogP contribution in [0.15, 0.2) is 48.5 Å². The number of hydrogen-bond acceptors (Lipinski definition) is 3. The summed E-state index contributed by atoms with van der Waals surface area (Å²) in [6, 6.07) is 10.5. The number of rotatable bonds is 7. The Bertz CT molecular complexity index is 854. The van der Waals surface area contributed by atoms with Crippen molar-refractivity contribution in [2.24, 2.45) is 0 Å². The lowest BCUT2D eigenvalue weighted by Gasteiger charge is -2.21. The molecule has 6 nitrogen and oxygen atoms in total. The second-order valence-electron chi connectivity index (χ2n) is 6.59. The predicted octanol–water partition coefficient (Wildman–Crippen LogP) is 2.19. The van der Waals surface area contributed by atoms with Gasteiger partial charge in [-0.1, -0.05) is 6.07 Å². The number of alkyl halides is 3. The molecule has 0 saturated carbocycles. The van der Waals surface area contributed by atoms with Gasteiger partial charge in [0.2, 0.25) is 0 Å². The number of amides is 2. The second kappa shape index (κ2) is 9.42. The van der Waals surface area contributed by atoms with Gasteiger partial charge in [0.1, 0.15) is 5.75 Å². The number of nitrogens with one attached hydrogen (secondary N) is 3. The molecule has 0 aliphatic carbocycles. The molecule has 0 saturated heterocycles. The fourth-order valence-electron chi connectivity index (χ4n) is 2.53. The van der Waals surface area contributed by atoms with Gasteiger partial charge in [0.25, 0.3) is 11.8 Å². The van der Waals surface area contributed by atoms with Crippen LogP contribution in [0.1, 0.15) is 12.5 Å². The number of carbonyl (C=O) groups is 2. The average molecular weight is 410 g/mol. The molecule has 0 bridgehead atoms. The Morgan fingerprint density at radius 2 is 1.72 bits per heavy atom. The Morgan fingerprint density at radius 3 is 2.31 bits per heavy atom. The standard InChI is InChI=1S/C20H22F3N3O3/c1-13(19(28)25-16-6-4-5-14(11-16)20(21,22)23)26(2)12-18(27)24-15-7-9-17(29-3)10-8-15/h4-11,13H,12H2,1-3H3,(H,24,27)(H,25,28)/p+1/t13-/m0/s1. The molecule has 2 aromatic rings. The lowest BCUT2D eigenvalue weighted by Crippen LogP contribution is -3.14. The third-order valence-corrected chi connectivity index (χ3v) is 4.40. The number of quaternary nitrogens is 1. The summed E-state index contributed by atoms with van der Waals surface area (Å²) in [5.74, 6) is -0.129. The number of methoxy groups -OCH3 is 1. The minimum atomic E-state index is -4.49. The van der Waals surface area contributed by atoms with Crippen molar-refractivity contribution in [1.29, 1.82) is 0 Å². The van der Waals surface area contributed by atoms with Crippen LogP contribution >= 0.6 is 0 Å². The summed E-state index contributed by atoms with van der Waals surface area (Å²) >= 11 is 0. The van der Waals surface area contributed by atoms with E-state index in [2.05, 4.69) is 10.6 Å². The van der Waals surface area contributed by atoms with Gasteiger partial charge in [0.05, 0.1) is 19.7 Å². The zero-order chi connectivity index (χ0) is 21.6. The molecule has 29 heavy (non-hydrogen) atoms. The van der Waals surface area contributed by atoms with Crippen LogP contribution in [-0.4, -0.2) is 38.6 Å². The van der Waals surface area contributed by atoms with Gasteiger partial charge in [-0.25, -0.2) is 0 Å². The summed E-state index contributed by atoms with van der Waals surface area (Å²) in [4.78, 5) is 25.1. The highest BCUT2D eigenvalue weighted by Gasteiger charge is 2.31. The Morgan fingerprint density at radius 1 is 1.07 bits per heavy atom. The first-order valence-electron chi connectivity index (χ1n) is 8.84. The first-order chi connectivity index (χ1) is 13.6. The van der Waals surface area contributed by atoms with Gasteiger partial charge in [0, 0.05) is 11.4 Å². The first-order valence-corrected chi connectivity index (χ1v) is 8.84. The van der Waals surface area contributed by atoms with E-state index in [1.807, 2.05) is 0 Å². The third kappa shape index (κ3) is 6.49. The van der Waals surface area contributed by atoms with E-state index >= 15 is 0 Å². The normalized spacial score (nSPS) is 13.3. The molecule has 0 fully saturated rings. The van der Waals surface area contributed by atoms with E-state index in [-0.39, 0.29) is 18.1 Å². The van der Waals surface area contributed by atoms with E-state index in [0.29, 0.717) is 16.3 Å². The number of ether oxygens (including phenoxy) is 1. The van der Waals surface area contributed by atoms with Crippen LogP contribution in [0.5, 0.6) is 5.75 Å². The van der Waals surface area contributed by atoms with Crippen molar-refractivity contribution in [3.8, 4) is 5.75 Å². The number of halogens is 3. The van der Waals surface area contributed by atoms with Crippen molar-refractivity contribution in [2.45, 2.75) is 19.1 Å². The largest absolute Gasteiger partial charge is 0.497 e. The maximum atomic E-state index is 12.8. The van der Waals surface area contributed by atoms with Crippen molar-refractivity contribution in [2.75, 3.05) is 31.3 Å². The first kappa shape index (κ1) is 22.2. The number of likely N-dealkylation sites (N-methyl/N-ethyl adjacent to an activating group) is 1. The highest BCUT2D eigenvalue weighted by Crippen LogP contribution is 2.30. The van der Waals surface area contributed by atoms with Crippen LogP contribution < -0.4 is 20.3 Å². The third-order valence-electron chi connectivity index (χ3n) is 4.40. The summed E-state index contributed by atoms with van der Waals surface area (Å²) in [6.45, 7) is 1.60. The smallest absolute Gasteiger partial charge is 0.416 e. The molecule has 0 spiro atoms. The minimum absolute atomic E-state index is 0.00318. The monoisotopic (exact) mass is 410 g/mol. The molecule has 2 atom stereocenters. The highest BCUT2D eigenvalue weighted by atomic mass is 19.4. The van der Waals surface area contributed by atoms with Crippen molar-refractivity contribution in [3.63, 3.8) is 0 Å². The SMILES string of the molecule is COc1ccc(NC(=O)C[NH+](C)[C@@H](C)C(=O)Nc2cccc(C(F)(F)F)c2)cc1. The van der Waals surface area contributed by atoms with E-state index in [9.17, 15) is 22.8 Å². The Balaban J connectivity index is 1.92. The second-order valence-corrected chi connectivity index (χ2v) is 6.59. The quantitative estimate of drug-likeness (QED) is 0.655. The Kier molecular flexibility index (Phi) is 7.22. The summed E-state index contributed by atoms with van der Waals surface area (Å²) in [6.07, 6.45) is -4.49. The van der Waals surface area contributed by atoms with Gasteiger partial charge in [-0.2, -0.15) is 13.2 Å². The van der Waals surface area contributed by atoms with Crippen molar-refractivity contribution < 1.29 is 32.4 Å². The molecular weight excluding hydrogens is 387 g/mol. The number of carbonyl (C=O) groups excluding carboxylic acids is 2. The number of benzene rings is 2. The summed E-state index contributed by atoms with van der Waals surface area (Å²) in [5.41, 5.74) is -0.209. The van der Waals surface area contributed by atoms with Crippen LogP contribution in [0.4, 0.5) is 24.5 Å². The van der Waals surface area contributed by atoms with Gasteiger partial charge >= 0.3 is 6.18 Å². The number of anilines is 2. The Labute approximate surface area is 166 Å². The van der Waals surface area contributed by atoms with Crippen LogP contribution in [0, 0.1) is 0 Å². The zero-order valence-corrected chi connectivity index (χ0v) is 16.3. The lowest BCUT2D eigenvalue weighted by atomic mass is 10.2. The molecule has 9 heteroatoms. The molecule has 0 heterocycles. The van der Waals surface area contributed by atoms with E-state index < -0.39 is 23.7 Å². The molecule has 0 aliphatic rings. The number of hydrogen-bond donors (Lipinski definition) is 3. The van der Waals surface area contributed by atoms with E-state index in [0.717, 1.165) is 12.1 Å². The minimum Gasteiger partial charge on any atom is -0.497 e. The van der Waals surface area contributed by atoms with Crippen molar-refractivity contribution >= 4 is 23.2 Å². The average Bonchev–Trinajstić information content (AvgIpc) is 2.67. The van der Waals surface area contributed by atoms with Gasteiger partial charge in [-0.15, -0.1) is 0 Å². The molecule has 0 aromatic heterocycles. The van der Waals surface area contributed by atoms with Gasteiger partial charge in [0.15, 0.2) is 12.6 Å². The van der Waals surface area contributed by atoms with E-state index in [1.165, 1.54) is 19.2 Å². The van der Waals surface area contributed by atoms with Crippen LogP contribution in [-0.2, 0) is 15.8 Å². The fraction of sp³-hybridized carbons (Fsp3) is 0.300. The molecule has 0 aliphatic heterocycles. The molecule has 156 valence electrons. The fourth-order valence-corrected chi connectivity index (χ4v) is 2.53. The molecule has 2 amide bonds. The van der Waals surface area contributed by atoms with Gasteiger partial charge in [-0.3, -0.25) is 9.59 Å². The molecule has 2 aromatic carbocycles. The molecule has 2 rings (SSSR count). The maximum absolute atomic E-state index is 12.8. The van der Waals surface area contributed by atoms with Crippen LogP contribution in [0.25, 0.3) is 0 Å². The Hall–Kier alpha value is -3.07. The molecular formula is C20H23F3N3O3+. The maximum Gasteiger partial charge on any atom is 0.416 e. The van der Waals surface area contributed by atoms with E-state index in [1.54, 1.807) is 38.2 Å². The zero-order valence-electron chi connectivity index (χ0n) is 16.3. The molecule has 1 unspecified atom stereocenters. The van der Waals surface area contributed by atoms with E-state index in [4.69, 9.17) is 4.74 Å². The molecule has 0 radical (unpaired) electrons. The molecule has 3 N–H and O–H groups in total. The van der Waals surface area contributed by atoms with Gasteiger partial charge in [-0.05, 0) is 49.4 Å². The van der Waals surface area contributed by atoms with Crippen molar-refractivity contribution in [1.82, 2.24) is 0 Å². The summed E-state index contributed by atoms with van der Waals surface area (Å²) < 4.78 is 43.4. The van der Waals surface area contributed by atoms with Gasteiger partial charge < -0.3 is 20.3 Å². The summed E-state index contributed by atoms with van der Waals surface area (Å²) in [7, 11) is 3.20. The van der Waals surface area contributed by atoms with Crippen LogP contribution in [0.3, 0.4) is 0 Å². The topological polar surface area (TPSA) is 71.9 Å². The van der Waals surface area contributed by atoms with Crippen LogP contribution in [0.2, 0.25) is 0 Å². The summed E-state index contributed by atoms with van der Waals surface area (Å²) in [5, 5.41) is 5.18.